The molecule has 6 nitrogen and oxygen atoms in total. The number of thioether (sulfide) groups is 1. The number of carbonyl (C=O) groups is 2. The van der Waals surface area contributed by atoms with E-state index in [-0.39, 0.29) is 23.8 Å². The molecule has 2 heterocycles. The van der Waals surface area contributed by atoms with Gasteiger partial charge in [-0.1, -0.05) is 41.3 Å². The predicted molar refractivity (Wildman–Crippen MR) is 99.1 cm³/mol. The second-order valence-electron chi connectivity index (χ2n) is 6.37. The average molecular weight is 374 g/mol. The molecular weight excluding hydrogens is 356 g/mol. The summed E-state index contributed by atoms with van der Waals surface area (Å²) in [5.41, 5.74) is 2.23. The van der Waals surface area contributed by atoms with Crippen molar-refractivity contribution in [1.29, 1.82) is 0 Å². The minimum absolute atomic E-state index is 0.0197. The maximum absolute atomic E-state index is 12.7. The van der Waals surface area contributed by atoms with E-state index in [9.17, 15) is 9.59 Å². The third kappa shape index (κ3) is 3.55. The van der Waals surface area contributed by atoms with E-state index in [1.165, 1.54) is 28.7 Å². The average Bonchev–Trinajstić information content (AvgIpc) is 3.27. The Morgan fingerprint density at radius 1 is 1.32 bits per heavy atom. The molecular formula is C17H18N4O2S2. The minimum Gasteiger partial charge on any atom is -0.308 e. The Balaban J connectivity index is 1.36. The van der Waals surface area contributed by atoms with Gasteiger partial charge in [0.25, 0.3) is 0 Å². The van der Waals surface area contributed by atoms with E-state index in [4.69, 9.17) is 0 Å². The molecule has 1 aromatic heterocycles. The number of aromatic nitrogens is 2. The quantitative estimate of drug-likeness (QED) is 0.643. The summed E-state index contributed by atoms with van der Waals surface area (Å²) in [6.07, 6.45) is 2.80. The van der Waals surface area contributed by atoms with Gasteiger partial charge in [-0.3, -0.25) is 9.59 Å². The van der Waals surface area contributed by atoms with Gasteiger partial charge in [-0.2, -0.15) is 0 Å². The highest BCUT2D eigenvalue weighted by molar-refractivity contribution is 8.01. The van der Waals surface area contributed by atoms with Crippen LogP contribution in [0.5, 0.6) is 0 Å². The van der Waals surface area contributed by atoms with E-state index in [0.717, 1.165) is 24.9 Å². The summed E-state index contributed by atoms with van der Waals surface area (Å²) in [4.78, 5) is 26.3. The molecule has 0 unspecified atom stereocenters. The van der Waals surface area contributed by atoms with Crippen molar-refractivity contribution < 1.29 is 9.59 Å². The minimum atomic E-state index is 0.0197. The second kappa shape index (κ2) is 6.76. The Kier molecular flexibility index (Phi) is 4.47. The summed E-state index contributed by atoms with van der Waals surface area (Å²) < 4.78 is 0.694. The van der Waals surface area contributed by atoms with Crippen LogP contribution in [0.1, 0.15) is 25.3 Å². The summed E-state index contributed by atoms with van der Waals surface area (Å²) in [5.74, 6) is 0.537. The Bertz CT molecular complexity index is 818. The van der Waals surface area contributed by atoms with Crippen molar-refractivity contribution in [1.82, 2.24) is 10.2 Å². The van der Waals surface area contributed by atoms with Gasteiger partial charge >= 0.3 is 0 Å². The SMILES string of the molecule is C[C@@H]1Cc2ccccc2N1C(=O)CSc1nnc(NC(=O)C2CC2)s1. The summed E-state index contributed by atoms with van der Waals surface area (Å²) >= 11 is 2.68. The van der Waals surface area contributed by atoms with Crippen molar-refractivity contribution in [2.24, 2.45) is 5.92 Å². The summed E-state index contributed by atoms with van der Waals surface area (Å²) in [6.45, 7) is 2.07. The fourth-order valence-corrected chi connectivity index (χ4v) is 4.62. The topological polar surface area (TPSA) is 75.2 Å². The number of fused-ring (bicyclic) bond motifs is 1. The number of nitrogens with zero attached hydrogens (tertiary/aromatic N) is 3. The monoisotopic (exact) mass is 374 g/mol. The molecule has 25 heavy (non-hydrogen) atoms. The van der Waals surface area contributed by atoms with Crippen LogP contribution < -0.4 is 10.2 Å². The fraction of sp³-hybridized carbons (Fsp3) is 0.412. The van der Waals surface area contributed by atoms with Crippen molar-refractivity contribution in [2.75, 3.05) is 16.0 Å². The molecule has 2 aliphatic rings. The maximum Gasteiger partial charge on any atom is 0.237 e. The highest BCUT2D eigenvalue weighted by atomic mass is 32.2. The van der Waals surface area contributed by atoms with Crippen molar-refractivity contribution in [3.63, 3.8) is 0 Å². The molecule has 1 N–H and O–H groups in total. The predicted octanol–water partition coefficient (Wildman–Crippen LogP) is 2.96. The molecule has 130 valence electrons. The Labute approximate surface area is 154 Å². The van der Waals surface area contributed by atoms with Crippen molar-refractivity contribution in [3.05, 3.63) is 29.8 Å². The molecule has 0 spiro atoms. The van der Waals surface area contributed by atoms with E-state index in [2.05, 4.69) is 28.5 Å². The normalized spacial score (nSPS) is 18.9. The lowest BCUT2D eigenvalue weighted by molar-refractivity contribution is -0.117. The molecule has 0 bridgehead atoms. The maximum atomic E-state index is 12.7. The van der Waals surface area contributed by atoms with E-state index in [1.54, 1.807) is 0 Å². The first-order valence-corrected chi connectivity index (χ1v) is 10.1. The third-order valence-corrected chi connectivity index (χ3v) is 6.34. The largest absolute Gasteiger partial charge is 0.308 e. The molecule has 8 heteroatoms. The molecule has 1 fully saturated rings. The number of nitrogens with one attached hydrogen (secondary N) is 1. The summed E-state index contributed by atoms with van der Waals surface area (Å²) in [7, 11) is 0. The molecule has 1 aliphatic carbocycles. The second-order valence-corrected chi connectivity index (χ2v) is 8.57. The standard InChI is InChI=1S/C17H18N4O2S2/c1-10-8-12-4-2-3-5-13(12)21(10)14(22)9-24-17-20-19-16(25-17)18-15(23)11-6-7-11/h2-5,10-11H,6-9H2,1H3,(H,18,19,23)/t10-/m1/s1. The van der Waals surface area contributed by atoms with Gasteiger partial charge in [-0.25, -0.2) is 0 Å². The zero-order chi connectivity index (χ0) is 17.4. The van der Waals surface area contributed by atoms with Crippen LogP contribution in [0, 0.1) is 5.92 Å². The Hall–Kier alpha value is -1.93. The van der Waals surface area contributed by atoms with Gasteiger partial charge in [-0.05, 0) is 37.8 Å². The molecule has 2 amide bonds. The van der Waals surface area contributed by atoms with Gasteiger partial charge in [0.05, 0.1) is 5.75 Å². The molecule has 1 aliphatic heterocycles. The molecule has 0 saturated heterocycles. The number of amides is 2. The van der Waals surface area contributed by atoms with Gasteiger partial charge in [0.2, 0.25) is 16.9 Å². The number of benzene rings is 1. The number of rotatable bonds is 5. The lowest BCUT2D eigenvalue weighted by Gasteiger charge is -2.22. The van der Waals surface area contributed by atoms with Crippen LogP contribution in [-0.4, -0.2) is 33.8 Å². The van der Waals surface area contributed by atoms with Gasteiger partial charge < -0.3 is 10.2 Å². The van der Waals surface area contributed by atoms with Gasteiger partial charge in [0.1, 0.15) is 0 Å². The zero-order valence-electron chi connectivity index (χ0n) is 13.8. The van der Waals surface area contributed by atoms with Gasteiger partial charge in [-0.15, -0.1) is 10.2 Å². The number of anilines is 2. The van der Waals surface area contributed by atoms with E-state index in [1.807, 2.05) is 23.1 Å². The van der Waals surface area contributed by atoms with Crippen LogP contribution in [0.15, 0.2) is 28.6 Å². The first-order chi connectivity index (χ1) is 12.1. The highest BCUT2D eigenvalue weighted by Gasteiger charge is 2.31. The first-order valence-electron chi connectivity index (χ1n) is 8.29. The molecule has 2 aromatic rings. The summed E-state index contributed by atoms with van der Waals surface area (Å²) in [6, 6.07) is 8.22. The number of hydrogen-bond donors (Lipinski definition) is 1. The smallest absolute Gasteiger partial charge is 0.237 e. The fourth-order valence-electron chi connectivity index (χ4n) is 3.01. The van der Waals surface area contributed by atoms with Gasteiger partial charge in [0.15, 0.2) is 4.34 Å². The zero-order valence-corrected chi connectivity index (χ0v) is 15.4. The van der Waals surface area contributed by atoms with Crippen LogP contribution in [0.3, 0.4) is 0 Å². The molecule has 4 rings (SSSR count). The van der Waals surface area contributed by atoms with Crippen molar-refractivity contribution in [2.45, 2.75) is 36.6 Å². The number of carbonyl (C=O) groups excluding carboxylic acids is 2. The number of para-hydroxylation sites is 1. The number of hydrogen-bond acceptors (Lipinski definition) is 6. The van der Waals surface area contributed by atoms with Crippen LogP contribution >= 0.6 is 23.1 Å². The van der Waals surface area contributed by atoms with E-state index >= 15 is 0 Å². The molecule has 1 saturated carbocycles. The highest BCUT2D eigenvalue weighted by Crippen LogP contribution is 2.34. The summed E-state index contributed by atoms with van der Waals surface area (Å²) in [5, 5.41) is 11.3. The lowest BCUT2D eigenvalue weighted by Crippen LogP contribution is -2.36. The van der Waals surface area contributed by atoms with E-state index in [0.29, 0.717) is 15.2 Å². The Morgan fingerprint density at radius 3 is 2.92 bits per heavy atom. The van der Waals surface area contributed by atoms with Crippen molar-refractivity contribution >= 4 is 45.7 Å². The van der Waals surface area contributed by atoms with Crippen LogP contribution in [-0.2, 0) is 16.0 Å². The van der Waals surface area contributed by atoms with Gasteiger partial charge in [0, 0.05) is 17.6 Å². The lowest BCUT2D eigenvalue weighted by atomic mass is 10.1. The van der Waals surface area contributed by atoms with E-state index < -0.39 is 0 Å². The first kappa shape index (κ1) is 16.5. The molecule has 0 radical (unpaired) electrons. The third-order valence-electron chi connectivity index (χ3n) is 4.38. The van der Waals surface area contributed by atoms with Crippen molar-refractivity contribution in [3.8, 4) is 0 Å². The molecule has 1 atom stereocenters. The van der Waals surface area contributed by atoms with Crippen LogP contribution in [0.4, 0.5) is 10.8 Å². The van der Waals surface area contributed by atoms with Crippen LogP contribution in [0.25, 0.3) is 0 Å². The van der Waals surface area contributed by atoms with Crippen LogP contribution in [0.2, 0.25) is 0 Å². The molecule has 1 aromatic carbocycles. The Morgan fingerprint density at radius 2 is 2.12 bits per heavy atom.